The second-order valence-electron chi connectivity index (χ2n) is 3.97. The molecule has 1 aliphatic rings. The van der Waals surface area contributed by atoms with Crippen molar-refractivity contribution in [2.24, 2.45) is 5.73 Å². The normalized spacial score (nSPS) is 20.1. The van der Waals surface area contributed by atoms with Crippen molar-refractivity contribution in [3.63, 3.8) is 0 Å². The molecular formula is C11H14N2O3. The number of nitrogens with two attached hydrogens (primary N) is 1. The monoisotopic (exact) mass is 222 g/mol. The Morgan fingerprint density at radius 3 is 2.50 bits per heavy atom. The molecule has 0 spiro atoms. The SMILES string of the molecule is N[C@@H]1CCN(C(=O)c2c(O)cccc2O)C1. The zero-order valence-corrected chi connectivity index (χ0v) is 8.76. The lowest BCUT2D eigenvalue weighted by atomic mass is 10.1. The largest absolute Gasteiger partial charge is 0.507 e. The third kappa shape index (κ3) is 1.81. The summed E-state index contributed by atoms with van der Waals surface area (Å²) in [5.41, 5.74) is 5.65. The van der Waals surface area contributed by atoms with Crippen molar-refractivity contribution in [1.29, 1.82) is 0 Å². The van der Waals surface area contributed by atoms with Gasteiger partial charge in [0.25, 0.3) is 5.91 Å². The molecule has 0 unspecified atom stereocenters. The van der Waals surface area contributed by atoms with E-state index in [2.05, 4.69) is 0 Å². The fourth-order valence-corrected chi connectivity index (χ4v) is 1.88. The van der Waals surface area contributed by atoms with Crippen LogP contribution in [0.25, 0.3) is 0 Å². The molecule has 1 aromatic rings. The van der Waals surface area contributed by atoms with Crippen LogP contribution in [0.15, 0.2) is 18.2 Å². The Bertz CT molecular complexity index is 399. The highest BCUT2D eigenvalue weighted by Gasteiger charge is 2.27. The van der Waals surface area contributed by atoms with E-state index in [4.69, 9.17) is 5.73 Å². The molecule has 0 aromatic heterocycles. The quantitative estimate of drug-likeness (QED) is 0.636. The minimum Gasteiger partial charge on any atom is -0.507 e. The molecule has 1 amide bonds. The summed E-state index contributed by atoms with van der Waals surface area (Å²) in [5, 5.41) is 19.1. The molecule has 86 valence electrons. The van der Waals surface area contributed by atoms with E-state index >= 15 is 0 Å². The fraction of sp³-hybridized carbons (Fsp3) is 0.364. The number of likely N-dealkylation sites (tertiary alicyclic amines) is 1. The van der Waals surface area contributed by atoms with Crippen molar-refractivity contribution in [2.75, 3.05) is 13.1 Å². The van der Waals surface area contributed by atoms with Crippen LogP contribution in [0.3, 0.4) is 0 Å². The van der Waals surface area contributed by atoms with Crippen LogP contribution in [-0.4, -0.2) is 40.2 Å². The molecule has 5 nitrogen and oxygen atoms in total. The highest BCUT2D eigenvalue weighted by atomic mass is 16.3. The van der Waals surface area contributed by atoms with Crippen molar-refractivity contribution in [1.82, 2.24) is 4.90 Å². The van der Waals surface area contributed by atoms with Crippen LogP contribution in [0.1, 0.15) is 16.8 Å². The van der Waals surface area contributed by atoms with Crippen LogP contribution in [0.2, 0.25) is 0 Å². The number of phenolic OH excluding ortho intramolecular Hbond substituents is 2. The highest BCUT2D eigenvalue weighted by Crippen LogP contribution is 2.28. The average molecular weight is 222 g/mol. The molecule has 0 bridgehead atoms. The summed E-state index contributed by atoms with van der Waals surface area (Å²) in [6.45, 7) is 1.03. The highest BCUT2D eigenvalue weighted by molar-refractivity contribution is 5.99. The maximum absolute atomic E-state index is 12.0. The third-order valence-electron chi connectivity index (χ3n) is 2.75. The van der Waals surface area contributed by atoms with Gasteiger partial charge in [-0.05, 0) is 18.6 Å². The van der Waals surface area contributed by atoms with Gasteiger partial charge in [0.2, 0.25) is 0 Å². The van der Waals surface area contributed by atoms with E-state index in [0.29, 0.717) is 13.1 Å². The first-order chi connectivity index (χ1) is 7.59. The predicted molar refractivity (Wildman–Crippen MR) is 58.3 cm³/mol. The van der Waals surface area contributed by atoms with E-state index < -0.39 is 0 Å². The molecule has 4 N–H and O–H groups in total. The Hall–Kier alpha value is -1.75. The number of benzene rings is 1. The van der Waals surface area contributed by atoms with Crippen molar-refractivity contribution in [3.8, 4) is 11.5 Å². The summed E-state index contributed by atoms with van der Waals surface area (Å²) in [5.74, 6) is -0.778. The van der Waals surface area contributed by atoms with Crippen LogP contribution in [0.5, 0.6) is 11.5 Å². The number of amides is 1. The number of phenols is 2. The molecule has 2 rings (SSSR count). The average Bonchev–Trinajstić information content (AvgIpc) is 2.64. The zero-order chi connectivity index (χ0) is 11.7. The van der Waals surface area contributed by atoms with Crippen molar-refractivity contribution < 1.29 is 15.0 Å². The van der Waals surface area contributed by atoms with Crippen molar-refractivity contribution in [3.05, 3.63) is 23.8 Å². The Morgan fingerprint density at radius 1 is 1.38 bits per heavy atom. The molecule has 0 saturated carbocycles. The summed E-state index contributed by atoms with van der Waals surface area (Å²) in [4.78, 5) is 13.5. The first-order valence-electron chi connectivity index (χ1n) is 5.15. The molecule has 1 fully saturated rings. The van der Waals surface area contributed by atoms with Crippen LogP contribution >= 0.6 is 0 Å². The van der Waals surface area contributed by atoms with Gasteiger partial charge in [0.1, 0.15) is 17.1 Å². The standard InChI is InChI=1S/C11H14N2O3/c12-7-4-5-13(6-7)11(16)10-8(14)2-1-3-9(10)15/h1-3,7,14-15H,4-6,12H2/t7-/m1/s1. The molecule has 1 aliphatic heterocycles. The maximum Gasteiger partial charge on any atom is 0.261 e. The lowest BCUT2D eigenvalue weighted by Gasteiger charge is -2.17. The number of hydrogen-bond donors (Lipinski definition) is 3. The van der Waals surface area contributed by atoms with Gasteiger partial charge in [-0.1, -0.05) is 6.07 Å². The fourth-order valence-electron chi connectivity index (χ4n) is 1.88. The molecule has 1 atom stereocenters. The molecule has 5 heteroatoms. The van der Waals surface area contributed by atoms with E-state index in [1.807, 2.05) is 0 Å². The van der Waals surface area contributed by atoms with Gasteiger partial charge < -0.3 is 20.8 Å². The molecule has 1 saturated heterocycles. The molecular weight excluding hydrogens is 208 g/mol. The summed E-state index contributed by atoms with van der Waals surface area (Å²) in [6, 6.07) is 4.22. The number of nitrogens with zero attached hydrogens (tertiary/aromatic N) is 1. The molecule has 1 aromatic carbocycles. The van der Waals surface area contributed by atoms with E-state index in [0.717, 1.165) is 6.42 Å². The van der Waals surface area contributed by atoms with Crippen molar-refractivity contribution in [2.45, 2.75) is 12.5 Å². The number of hydrogen-bond acceptors (Lipinski definition) is 4. The van der Waals surface area contributed by atoms with Gasteiger partial charge in [-0.3, -0.25) is 4.79 Å². The number of carbonyl (C=O) groups excluding carboxylic acids is 1. The van der Waals surface area contributed by atoms with E-state index in [9.17, 15) is 15.0 Å². The first-order valence-corrected chi connectivity index (χ1v) is 5.15. The van der Waals surface area contributed by atoms with E-state index in [-0.39, 0.29) is 29.0 Å². The van der Waals surface area contributed by atoms with Gasteiger partial charge in [0.05, 0.1) is 0 Å². The second kappa shape index (κ2) is 4.02. The Balaban J connectivity index is 2.27. The molecule has 0 aliphatic carbocycles. The Labute approximate surface area is 93.1 Å². The van der Waals surface area contributed by atoms with Crippen LogP contribution in [0, 0.1) is 0 Å². The topological polar surface area (TPSA) is 86.8 Å². The smallest absolute Gasteiger partial charge is 0.261 e. The van der Waals surface area contributed by atoms with Crippen LogP contribution in [-0.2, 0) is 0 Å². The van der Waals surface area contributed by atoms with Crippen molar-refractivity contribution >= 4 is 5.91 Å². The number of rotatable bonds is 1. The minimum absolute atomic E-state index is 0.0167. The Kier molecular flexibility index (Phi) is 2.70. The van der Waals surface area contributed by atoms with E-state index in [1.165, 1.54) is 18.2 Å². The van der Waals surface area contributed by atoms with E-state index in [1.54, 1.807) is 4.90 Å². The van der Waals surface area contributed by atoms with Gasteiger partial charge in [-0.15, -0.1) is 0 Å². The second-order valence-corrected chi connectivity index (χ2v) is 3.97. The molecule has 0 radical (unpaired) electrons. The number of aromatic hydroxyl groups is 2. The van der Waals surface area contributed by atoms with Gasteiger partial charge in [0, 0.05) is 19.1 Å². The van der Waals surface area contributed by atoms with Gasteiger partial charge in [0.15, 0.2) is 0 Å². The summed E-state index contributed by atoms with van der Waals surface area (Å²) >= 11 is 0. The zero-order valence-electron chi connectivity index (χ0n) is 8.76. The lowest BCUT2D eigenvalue weighted by Crippen LogP contribution is -2.31. The van der Waals surface area contributed by atoms with Gasteiger partial charge in [-0.2, -0.15) is 0 Å². The number of carbonyl (C=O) groups is 1. The maximum atomic E-state index is 12.0. The summed E-state index contributed by atoms with van der Waals surface area (Å²) < 4.78 is 0. The van der Waals surface area contributed by atoms with Crippen LogP contribution < -0.4 is 5.73 Å². The molecule has 16 heavy (non-hydrogen) atoms. The Morgan fingerprint density at radius 2 is 2.00 bits per heavy atom. The van der Waals surface area contributed by atoms with Gasteiger partial charge >= 0.3 is 0 Å². The molecule has 1 heterocycles. The first kappa shape index (κ1) is 10.8. The lowest BCUT2D eigenvalue weighted by molar-refractivity contribution is 0.0784. The van der Waals surface area contributed by atoms with Crippen LogP contribution in [0.4, 0.5) is 0 Å². The van der Waals surface area contributed by atoms with Gasteiger partial charge in [-0.25, -0.2) is 0 Å². The minimum atomic E-state index is -0.372. The third-order valence-corrected chi connectivity index (χ3v) is 2.75. The summed E-state index contributed by atoms with van der Waals surface area (Å²) in [7, 11) is 0. The summed E-state index contributed by atoms with van der Waals surface area (Å²) in [6.07, 6.45) is 0.750. The predicted octanol–water partition coefficient (Wildman–Crippen LogP) is 0.271.